The number of rotatable bonds is 2. The summed E-state index contributed by atoms with van der Waals surface area (Å²) in [6, 6.07) is 6.07. The smallest absolute Gasteiger partial charge is 0.128 e. The van der Waals surface area contributed by atoms with Crippen LogP contribution in [0.4, 0.5) is 5.69 Å². The minimum Gasteiger partial charge on any atom is -0.361 e. The first-order valence-electron chi connectivity index (χ1n) is 6.45. The van der Waals surface area contributed by atoms with Crippen LogP contribution in [0.2, 0.25) is 5.02 Å². The summed E-state index contributed by atoms with van der Waals surface area (Å²) >= 11 is 6.38. The van der Waals surface area contributed by atoms with Crippen molar-refractivity contribution in [2.24, 2.45) is 5.73 Å². The molecule has 0 aliphatic carbocycles. The maximum Gasteiger partial charge on any atom is 0.128 e. The third-order valence-corrected chi connectivity index (χ3v) is 3.89. The Morgan fingerprint density at radius 3 is 2.95 bits per heavy atom. The van der Waals surface area contributed by atoms with Crippen LogP contribution >= 0.6 is 11.6 Å². The highest BCUT2D eigenvalue weighted by Crippen LogP contribution is 2.30. The summed E-state index contributed by atoms with van der Waals surface area (Å²) in [5, 5.41) is 0.759. The minimum atomic E-state index is 0.00630. The van der Waals surface area contributed by atoms with E-state index in [-0.39, 0.29) is 6.04 Å². The molecule has 19 heavy (non-hydrogen) atoms. The molecule has 0 bridgehead atoms. The Morgan fingerprint density at radius 1 is 1.37 bits per heavy atom. The van der Waals surface area contributed by atoms with Gasteiger partial charge in [-0.05, 0) is 24.6 Å². The Balaban J connectivity index is 1.88. The largest absolute Gasteiger partial charge is 0.361 e. The number of halogens is 1. The molecule has 1 aromatic heterocycles. The fraction of sp³-hybridized carbons (Fsp3) is 0.357. The Hall–Kier alpha value is -1.52. The molecule has 0 fully saturated rings. The fourth-order valence-corrected chi connectivity index (χ4v) is 2.75. The highest BCUT2D eigenvalue weighted by Gasteiger charge is 2.19. The van der Waals surface area contributed by atoms with E-state index in [0.29, 0.717) is 0 Å². The second kappa shape index (κ2) is 4.87. The number of hydrogen-bond donors (Lipinski definition) is 1. The van der Waals surface area contributed by atoms with Crippen molar-refractivity contribution in [1.82, 2.24) is 9.55 Å². The van der Waals surface area contributed by atoms with Crippen molar-refractivity contribution < 1.29 is 0 Å². The van der Waals surface area contributed by atoms with Gasteiger partial charge in [-0.2, -0.15) is 0 Å². The van der Waals surface area contributed by atoms with Crippen LogP contribution in [0.25, 0.3) is 0 Å². The van der Waals surface area contributed by atoms with E-state index in [9.17, 15) is 0 Å². The van der Waals surface area contributed by atoms with Crippen molar-refractivity contribution in [2.45, 2.75) is 26.1 Å². The first-order chi connectivity index (χ1) is 9.15. The molecular formula is C14H17ClN4. The number of nitrogens with two attached hydrogens (primary N) is 1. The summed E-state index contributed by atoms with van der Waals surface area (Å²) < 4.78 is 2.18. The molecule has 5 heteroatoms. The highest BCUT2D eigenvalue weighted by atomic mass is 35.5. The van der Waals surface area contributed by atoms with Crippen molar-refractivity contribution in [3.05, 3.63) is 47.0 Å². The molecular weight excluding hydrogens is 260 g/mol. The zero-order valence-electron chi connectivity index (χ0n) is 10.9. The maximum absolute atomic E-state index is 6.38. The number of benzene rings is 1. The van der Waals surface area contributed by atoms with Gasteiger partial charge in [-0.3, -0.25) is 0 Å². The van der Waals surface area contributed by atoms with E-state index in [4.69, 9.17) is 17.3 Å². The Kier molecular flexibility index (Phi) is 3.21. The first-order valence-corrected chi connectivity index (χ1v) is 6.83. The quantitative estimate of drug-likeness (QED) is 0.917. The summed E-state index contributed by atoms with van der Waals surface area (Å²) in [6.45, 7) is 4.65. The van der Waals surface area contributed by atoms with Crippen molar-refractivity contribution in [3.63, 3.8) is 0 Å². The van der Waals surface area contributed by atoms with Crippen LogP contribution in [0.3, 0.4) is 0 Å². The lowest BCUT2D eigenvalue weighted by atomic mass is 10.1. The molecule has 1 atom stereocenters. The minimum absolute atomic E-state index is 0.00630. The standard InChI is InChI=1S/C14H17ClN4/c1-10(16)11-2-3-13(12(15)8-11)19-7-6-18-5-4-17-14(18)9-19/h2-5,8,10H,6-7,9,16H2,1H3. The van der Waals surface area contributed by atoms with Crippen LogP contribution in [0, 0.1) is 0 Å². The van der Waals surface area contributed by atoms with Gasteiger partial charge in [0, 0.05) is 31.5 Å². The summed E-state index contributed by atoms with van der Waals surface area (Å²) in [4.78, 5) is 6.63. The normalized spacial score (nSPS) is 16.3. The number of nitrogens with zero attached hydrogens (tertiary/aromatic N) is 3. The van der Waals surface area contributed by atoms with E-state index in [2.05, 4.69) is 20.5 Å². The van der Waals surface area contributed by atoms with Crippen LogP contribution in [0.5, 0.6) is 0 Å². The summed E-state index contributed by atoms with van der Waals surface area (Å²) in [5.74, 6) is 1.08. The fourth-order valence-electron chi connectivity index (χ4n) is 2.44. The summed E-state index contributed by atoms with van der Waals surface area (Å²) in [7, 11) is 0. The lowest BCUT2D eigenvalue weighted by Crippen LogP contribution is -2.33. The van der Waals surface area contributed by atoms with Crippen LogP contribution in [0.1, 0.15) is 24.4 Å². The molecule has 2 N–H and O–H groups in total. The van der Waals surface area contributed by atoms with Gasteiger partial charge in [-0.25, -0.2) is 4.98 Å². The van der Waals surface area contributed by atoms with E-state index in [1.54, 1.807) is 0 Å². The number of anilines is 1. The summed E-state index contributed by atoms with van der Waals surface area (Å²) in [6.07, 6.45) is 3.87. The van der Waals surface area contributed by atoms with E-state index < -0.39 is 0 Å². The molecule has 1 aliphatic heterocycles. The van der Waals surface area contributed by atoms with Gasteiger partial charge in [-0.15, -0.1) is 0 Å². The predicted octanol–water partition coefficient (Wildman–Crippen LogP) is 2.58. The molecule has 4 nitrogen and oxygen atoms in total. The zero-order valence-corrected chi connectivity index (χ0v) is 11.6. The van der Waals surface area contributed by atoms with Gasteiger partial charge < -0.3 is 15.2 Å². The van der Waals surface area contributed by atoms with Gasteiger partial charge in [-0.1, -0.05) is 17.7 Å². The third-order valence-electron chi connectivity index (χ3n) is 3.58. The Labute approximate surface area is 117 Å². The van der Waals surface area contributed by atoms with E-state index >= 15 is 0 Å². The number of fused-ring (bicyclic) bond motifs is 1. The van der Waals surface area contributed by atoms with E-state index in [1.807, 2.05) is 31.5 Å². The molecule has 2 aromatic rings. The number of aromatic nitrogens is 2. The molecule has 0 amide bonds. The van der Waals surface area contributed by atoms with Crippen LogP contribution < -0.4 is 10.6 Å². The second-order valence-corrected chi connectivity index (χ2v) is 5.37. The van der Waals surface area contributed by atoms with Crippen LogP contribution in [-0.4, -0.2) is 16.1 Å². The average Bonchev–Trinajstić information content (AvgIpc) is 2.85. The molecule has 1 aromatic carbocycles. The lowest BCUT2D eigenvalue weighted by molar-refractivity contribution is 0.560. The Morgan fingerprint density at radius 2 is 2.21 bits per heavy atom. The molecule has 0 saturated carbocycles. The SMILES string of the molecule is CC(N)c1ccc(N2CCn3ccnc3C2)c(Cl)c1. The highest BCUT2D eigenvalue weighted by molar-refractivity contribution is 6.33. The van der Waals surface area contributed by atoms with Crippen molar-refractivity contribution in [2.75, 3.05) is 11.4 Å². The van der Waals surface area contributed by atoms with Crippen molar-refractivity contribution in [3.8, 4) is 0 Å². The molecule has 0 spiro atoms. The van der Waals surface area contributed by atoms with Gasteiger partial charge >= 0.3 is 0 Å². The molecule has 1 unspecified atom stereocenters. The average molecular weight is 277 g/mol. The van der Waals surface area contributed by atoms with Gasteiger partial charge in [0.1, 0.15) is 5.82 Å². The van der Waals surface area contributed by atoms with E-state index in [0.717, 1.165) is 41.7 Å². The number of imidazole rings is 1. The molecule has 3 rings (SSSR count). The van der Waals surface area contributed by atoms with Gasteiger partial charge in [0.15, 0.2) is 0 Å². The second-order valence-electron chi connectivity index (χ2n) is 4.96. The van der Waals surface area contributed by atoms with Gasteiger partial charge in [0.2, 0.25) is 0 Å². The molecule has 0 saturated heterocycles. The molecule has 100 valence electrons. The van der Waals surface area contributed by atoms with E-state index in [1.165, 1.54) is 0 Å². The van der Waals surface area contributed by atoms with Crippen molar-refractivity contribution >= 4 is 17.3 Å². The monoisotopic (exact) mass is 276 g/mol. The molecule has 2 heterocycles. The van der Waals surface area contributed by atoms with Crippen LogP contribution in [0.15, 0.2) is 30.6 Å². The first kappa shape index (κ1) is 12.5. The predicted molar refractivity (Wildman–Crippen MR) is 77.3 cm³/mol. The van der Waals surface area contributed by atoms with Gasteiger partial charge in [0.05, 0.1) is 17.3 Å². The van der Waals surface area contributed by atoms with Crippen molar-refractivity contribution in [1.29, 1.82) is 0 Å². The molecule has 0 radical (unpaired) electrons. The molecule has 1 aliphatic rings. The third kappa shape index (κ3) is 2.33. The summed E-state index contributed by atoms with van der Waals surface area (Å²) in [5.41, 5.74) is 7.99. The van der Waals surface area contributed by atoms with Gasteiger partial charge in [0.25, 0.3) is 0 Å². The Bertz CT molecular complexity index is 591. The number of hydrogen-bond acceptors (Lipinski definition) is 3. The van der Waals surface area contributed by atoms with Crippen LogP contribution in [-0.2, 0) is 13.1 Å². The topological polar surface area (TPSA) is 47.1 Å². The zero-order chi connectivity index (χ0) is 13.4. The lowest BCUT2D eigenvalue weighted by Gasteiger charge is -2.30. The maximum atomic E-state index is 6.38.